The molecule has 1 aromatic carbocycles. The first-order chi connectivity index (χ1) is 7.13. The van der Waals surface area contributed by atoms with Crippen LogP contribution in [0.5, 0.6) is 5.75 Å². The van der Waals surface area contributed by atoms with Crippen LogP contribution in [0.25, 0.3) is 0 Å². The van der Waals surface area contributed by atoms with Crippen molar-refractivity contribution in [3.8, 4) is 5.75 Å². The van der Waals surface area contributed by atoms with Crippen LogP contribution in [0.1, 0.15) is 5.56 Å². The fourth-order valence-corrected chi connectivity index (χ4v) is 1.25. The zero-order chi connectivity index (χ0) is 11.3. The monoisotopic (exact) mass is 270 g/mol. The fourth-order valence-electron chi connectivity index (χ4n) is 0.905. The lowest BCUT2D eigenvalue weighted by Gasteiger charge is -2.01. The van der Waals surface area contributed by atoms with Gasteiger partial charge in [0, 0.05) is 10.0 Å². The second-order valence-corrected chi connectivity index (χ2v) is 3.51. The molecule has 15 heavy (non-hydrogen) atoms. The second kappa shape index (κ2) is 5.35. The maximum Gasteiger partial charge on any atom is 0.211 e. The Bertz CT molecular complexity index is 399. The maximum atomic E-state index is 5.13. The Hall–Kier alpha value is -1.56. The molecule has 0 bridgehead atoms. The topological polar surface area (TPSA) is 86.0 Å². The predicted octanol–water partition coefficient (Wildman–Crippen LogP) is 1.07. The van der Waals surface area contributed by atoms with E-state index in [0.29, 0.717) is 0 Å². The van der Waals surface area contributed by atoms with Gasteiger partial charge < -0.3 is 16.2 Å². The molecule has 6 heteroatoms. The molecule has 0 unspecified atom stereocenters. The number of hydrogen-bond donors (Lipinski definition) is 2. The molecule has 1 rings (SSSR count). The minimum absolute atomic E-state index is 0.0785. The van der Waals surface area contributed by atoms with E-state index in [1.54, 1.807) is 7.11 Å². The van der Waals surface area contributed by atoms with E-state index in [0.717, 1.165) is 15.8 Å². The van der Waals surface area contributed by atoms with Crippen molar-refractivity contribution >= 4 is 28.1 Å². The van der Waals surface area contributed by atoms with E-state index in [1.807, 2.05) is 18.2 Å². The van der Waals surface area contributed by atoms with E-state index < -0.39 is 0 Å². The molecule has 0 heterocycles. The number of guanidine groups is 1. The molecule has 0 aromatic heterocycles. The average molecular weight is 271 g/mol. The van der Waals surface area contributed by atoms with E-state index in [4.69, 9.17) is 16.2 Å². The lowest BCUT2D eigenvalue weighted by atomic mass is 10.2. The molecule has 5 nitrogen and oxygen atoms in total. The molecule has 0 aliphatic rings. The van der Waals surface area contributed by atoms with Crippen molar-refractivity contribution in [2.24, 2.45) is 21.7 Å². The van der Waals surface area contributed by atoms with Crippen molar-refractivity contribution in [1.29, 1.82) is 0 Å². The Kier molecular flexibility index (Phi) is 4.11. The molecule has 0 saturated carbocycles. The summed E-state index contributed by atoms with van der Waals surface area (Å²) in [6, 6.07) is 5.51. The zero-order valence-electron chi connectivity index (χ0n) is 8.14. The van der Waals surface area contributed by atoms with Crippen LogP contribution in [0.3, 0.4) is 0 Å². The van der Waals surface area contributed by atoms with Crippen molar-refractivity contribution in [1.82, 2.24) is 0 Å². The number of methoxy groups -OCH3 is 1. The van der Waals surface area contributed by atoms with Crippen molar-refractivity contribution < 1.29 is 4.74 Å². The Labute approximate surface area is 95.9 Å². The smallest absolute Gasteiger partial charge is 0.211 e. The minimum atomic E-state index is -0.0785. The van der Waals surface area contributed by atoms with Crippen LogP contribution in [0.4, 0.5) is 0 Å². The van der Waals surface area contributed by atoms with Gasteiger partial charge in [-0.3, -0.25) is 0 Å². The zero-order valence-corrected chi connectivity index (χ0v) is 9.73. The molecule has 4 N–H and O–H groups in total. The third-order valence-electron chi connectivity index (χ3n) is 1.57. The first-order valence-corrected chi connectivity index (χ1v) is 4.88. The first kappa shape index (κ1) is 11.5. The van der Waals surface area contributed by atoms with E-state index in [-0.39, 0.29) is 5.96 Å². The third kappa shape index (κ3) is 3.59. The average Bonchev–Trinajstić information content (AvgIpc) is 2.20. The van der Waals surface area contributed by atoms with Crippen LogP contribution >= 0.6 is 15.9 Å². The van der Waals surface area contributed by atoms with Gasteiger partial charge in [-0.15, -0.1) is 5.10 Å². The highest BCUT2D eigenvalue weighted by atomic mass is 79.9. The molecule has 0 saturated heterocycles. The van der Waals surface area contributed by atoms with Gasteiger partial charge in [0.1, 0.15) is 5.75 Å². The van der Waals surface area contributed by atoms with E-state index in [9.17, 15) is 0 Å². The molecule has 0 aliphatic heterocycles. The molecule has 1 aromatic rings. The van der Waals surface area contributed by atoms with Crippen LogP contribution in [0.2, 0.25) is 0 Å². The van der Waals surface area contributed by atoms with E-state index in [2.05, 4.69) is 26.1 Å². The first-order valence-electron chi connectivity index (χ1n) is 4.09. The van der Waals surface area contributed by atoms with Gasteiger partial charge in [0.15, 0.2) is 0 Å². The van der Waals surface area contributed by atoms with Crippen molar-refractivity contribution in [3.05, 3.63) is 28.2 Å². The molecule has 0 radical (unpaired) electrons. The van der Waals surface area contributed by atoms with Crippen molar-refractivity contribution in [3.63, 3.8) is 0 Å². The van der Waals surface area contributed by atoms with Gasteiger partial charge in [0.25, 0.3) is 0 Å². The Morgan fingerprint density at radius 1 is 1.47 bits per heavy atom. The standard InChI is InChI=1S/C9H11BrN4O/c1-15-7-2-3-8(10)6(4-7)5-13-14-9(11)12/h2-5H,1H3,(H4,11,12,14). The summed E-state index contributed by atoms with van der Waals surface area (Å²) in [5, 5.41) is 7.20. The van der Waals surface area contributed by atoms with Crippen molar-refractivity contribution in [2.75, 3.05) is 7.11 Å². The van der Waals surface area contributed by atoms with Gasteiger partial charge >= 0.3 is 0 Å². The number of benzene rings is 1. The van der Waals surface area contributed by atoms with Crippen LogP contribution in [-0.2, 0) is 0 Å². The molecule has 80 valence electrons. The lowest BCUT2D eigenvalue weighted by Crippen LogP contribution is -2.21. The number of rotatable bonds is 3. The van der Waals surface area contributed by atoms with Gasteiger partial charge in [0.05, 0.1) is 13.3 Å². The molecule has 0 amide bonds. The molecular weight excluding hydrogens is 260 g/mol. The summed E-state index contributed by atoms with van der Waals surface area (Å²) in [5.74, 6) is 0.662. The van der Waals surface area contributed by atoms with Gasteiger partial charge in [0.2, 0.25) is 5.96 Å². The summed E-state index contributed by atoms with van der Waals surface area (Å²) in [6.45, 7) is 0. The fraction of sp³-hybridized carbons (Fsp3) is 0.111. The van der Waals surface area contributed by atoms with E-state index in [1.165, 1.54) is 6.21 Å². The molecule has 0 atom stereocenters. The van der Waals surface area contributed by atoms with Gasteiger partial charge in [-0.05, 0) is 18.2 Å². The minimum Gasteiger partial charge on any atom is -0.497 e. The maximum absolute atomic E-state index is 5.13. The van der Waals surface area contributed by atoms with Gasteiger partial charge in [-0.1, -0.05) is 15.9 Å². The number of hydrogen-bond acceptors (Lipinski definition) is 3. The predicted molar refractivity (Wildman–Crippen MR) is 64.1 cm³/mol. The number of nitrogens with two attached hydrogens (primary N) is 2. The molecule has 0 spiro atoms. The Morgan fingerprint density at radius 3 is 2.80 bits per heavy atom. The Morgan fingerprint density at radius 2 is 2.20 bits per heavy atom. The third-order valence-corrected chi connectivity index (χ3v) is 2.30. The van der Waals surface area contributed by atoms with Gasteiger partial charge in [-0.2, -0.15) is 5.10 Å². The summed E-state index contributed by atoms with van der Waals surface area (Å²) < 4.78 is 5.96. The Balaban J connectivity index is 2.93. The van der Waals surface area contributed by atoms with E-state index >= 15 is 0 Å². The quantitative estimate of drug-likeness (QED) is 0.489. The highest BCUT2D eigenvalue weighted by molar-refractivity contribution is 9.10. The summed E-state index contributed by atoms with van der Waals surface area (Å²) in [4.78, 5) is 0. The molecule has 0 aliphatic carbocycles. The number of halogens is 1. The van der Waals surface area contributed by atoms with Crippen LogP contribution in [-0.4, -0.2) is 19.3 Å². The van der Waals surface area contributed by atoms with Gasteiger partial charge in [-0.25, -0.2) is 0 Å². The highest BCUT2D eigenvalue weighted by Gasteiger charge is 1.98. The van der Waals surface area contributed by atoms with Crippen LogP contribution < -0.4 is 16.2 Å². The largest absolute Gasteiger partial charge is 0.497 e. The lowest BCUT2D eigenvalue weighted by molar-refractivity contribution is 0.414. The van der Waals surface area contributed by atoms with Crippen LogP contribution in [0, 0.1) is 0 Å². The highest BCUT2D eigenvalue weighted by Crippen LogP contribution is 2.20. The summed E-state index contributed by atoms with van der Waals surface area (Å²) >= 11 is 3.37. The number of nitrogens with zero attached hydrogens (tertiary/aromatic N) is 2. The second-order valence-electron chi connectivity index (χ2n) is 2.66. The summed E-state index contributed by atoms with van der Waals surface area (Å²) in [5.41, 5.74) is 11.1. The van der Waals surface area contributed by atoms with Crippen LogP contribution in [0.15, 0.2) is 32.9 Å². The summed E-state index contributed by atoms with van der Waals surface area (Å²) in [7, 11) is 1.60. The normalized spacial score (nSPS) is 10.3. The SMILES string of the molecule is COc1ccc(Br)c(C=NN=C(N)N)c1. The van der Waals surface area contributed by atoms with Crippen molar-refractivity contribution in [2.45, 2.75) is 0 Å². The summed E-state index contributed by atoms with van der Waals surface area (Å²) in [6.07, 6.45) is 1.53. The number of ether oxygens (including phenoxy) is 1. The molecular formula is C9H11BrN4O. The molecule has 0 fully saturated rings.